The molecule has 10 heteroatoms. The van der Waals surface area contributed by atoms with Crippen LogP contribution in [-0.4, -0.2) is 59.6 Å². The number of likely N-dealkylation sites (tertiary alicyclic amines) is 1. The van der Waals surface area contributed by atoms with Crippen LogP contribution >= 0.6 is 0 Å². The summed E-state index contributed by atoms with van der Waals surface area (Å²) in [5.74, 6) is 1.65. The lowest BCUT2D eigenvalue weighted by Gasteiger charge is -2.33. The summed E-state index contributed by atoms with van der Waals surface area (Å²) in [6, 6.07) is 7.08. The average Bonchev–Trinajstić information content (AvgIpc) is 3.36. The van der Waals surface area contributed by atoms with Gasteiger partial charge in [-0.3, -0.25) is 0 Å². The summed E-state index contributed by atoms with van der Waals surface area (Å²) < 4.78 is 35.1. The van der Waals surface area contributed by atoms with E-state index >= 15 is 0 Å². The highest BCUT2D eigenvalue weighted by Crippen LogP contribution is 2.30. The molecule has 1 saturated heterocycles. The minimum atomic E-state index is -2.50. The number of oxazole rings is 1. The van der Waals surface area contributed by atoms with Crippen molar-refractivity contribution in [2.45, 2.75) is 45.0 Å². The Hall–Kier alpha value is -2.72. The van der Waals surface area contributed by atoms with Crippen LogP contribution in [0.4, 0.5) is 8.78 Å². The zero-order valence-corrected chi connectivity index (χ0v) is 17.7. The molecule has 3 heterocycles. The van der Waals surface area contributed by atoms with E-state index in [4.69, 9.17) is 19.0 Å². The Morgan fingerprint density at radius 1 is 1.23 bits per heavy atom. The van der Waals surface area contributed by atoms with Gasteiger partial charge < -0.3 is 19.0 Å². The van der Waals surface area contributed by atoms with Gasteiger partial charge in [-0.2, -0.15) is 0 Å². The van der Waals surface area contributed by atoms with Crippen LogP contribution in [0.5, 0.6) is 5.75 Å². The number of nitrogens with one attached hydrogen (secondary N) is 1. The number of hydroxylamine groups is 1. The molecule has 0 amide bonds. The van der Waals surface area contributed by atoms with Crippen LogP contribution in [0.1, 0.15) is 30.0 Å². The van der Waals surface area contributed by atoms with E-state index in [9.17, 15) is 8.78 Å². The van der Waals surface area contributed by atoms with Crippen molar-refractivity contribution in [3.63, 3.8) is 0 Å². The topological polar surface area (TPSA) is 75.4 Å². The first kappa shape index (κ1) is 21.5. The lowest BCUT2D eigenvalue weighted by Crippen LogP contribution is -2.43. The summed E-state index contributed by atoms with van der Waals surface area (Å²) in [4.78, 5) is 19.5. The van der Waals surface area contributed by atoms with Gasteiger partial charge in [-0.25, -0.2) is 29.1 Å². The quantitative estimate of drug-likeness (QED) is 0.717. The number of rotatable bonds is 7. The first-order valence-corrected chi connectivity index (χ1v) is 10.3. The maximum atomic E-state index is 12.3. The molecule has 0 atom stereocenters. The van der Waals surface area contributed by atoms with Crippen LogP contribution in [0.3, 0.4) is 0 Å². The maximum Gasteiger partial charge on any atom is 0.272 e. The molecule has 2 aromatic rings. The number of aromatic nitrogens is 1. The second kappa shape index (κ2) is 9.19. The summed E-state index contributed by atoms with van der Waals surface area (Å²) in [5.41, 5.74) is 4.22. The SMILES string of the molecule is Cc1nc(CN(Cc2ccc(OCC(F)F)cc2)C2=NC3(CCN(C)CC3)ON2)co1. The monoisotopic (exact) mass is 435 g/mol. The number of hydrogen-bond acceptors (Lipinski definition) is 8. The molecule has 168 valence electrons. The van der Waals surface area contributed by atoms with Crippen LogP contribution in [0.15, 0.2) is 39.9 Å². The van der Waals surface area contributed by atoms with E-state index in [1.807, 2.05) is 17.0 Å². The molecular formula is C21H27F2N5O3. The number of alkyl halides is 2. The summed E-state index contributed by atoms with van der Waals surface area (Å²) in [6.45, 7) is 4.01. The lowest BCUT2D eigenvalue weighted by atomic mass is 10.0. The smallest absolute Gasteiger partial charge is 0.272 e. The normalized spacial score (nSPS) is 18.3. The highest BCUT2D eigenvalue weighted by atomic mass is 19.3. The van der Waals surface area contributed by atoms with E-state index in [0.29, 0.717) is 30.7 Å². The van der Waals surface area contributed by atoms with Crippen molar-refractivity contribution in [2.24, 2.45) is 4.99 Å². The van der Waals surface area contributed by atoms with E-state index in [0.717, 1.165) is 37.2 Å². The number of halogens is 2. The molecule has 0 radical (unpaired) electrons. The Labute approximate surface area is 179 Å². The summed E-state index contributed by atoms with van der Waals surface area (Å²) >= 11 is 0. The van der Waals surface area contributed by atoms with Gasteiger partial charge in [-0.15, -0.1) is 0 Å². The van der Waals surface area contributed by atoms with Crippen molar-refractivity contribution >= 4 is 5.96 Å². The fourth-order valence-electron chi connectivity index (χ4n) is 3.65. The minimum Gasteiger partial charge on any atom is -0.488 e. The molecule has 4 rings (SSSR count). The number of ether oxygens (including phenoxy) is 1. The van der Waals surface area contributed by atoms with Crippen LogP contribution in [-0.2, 0) is 17.9 Å². The van der Waals surface area contributed by atoms with Crippen LogP contribution < -0.4 is 10.2 Å². The van der Waals surface area contributed by atoms with Gasteiger partial charge in [-0.05, 0) is 24.7 Å². The molecule has 1 N–H and O–H groups in total. The molecule has 8 nitrogen and oxygen atoms in total. The third-order valence-corrected chi connectivity index (χ3v) is 5.40. The Balaban J connectivity index is 1.49. The Morgan fingerprint density at radius 3 is 2.61 bits per heavy atom. The van der Waals surface area contributed by atoms with Gasteiger partial charge >= 0.3 is 0 Å². The van der Waals surface area contributed by atoms with E-state index < -0.39 is 18.8 Å². The van der Waals surface area contributed by atoms with Crippen molar-refractivity contribution in [3.8, 4) is 5.75 Å². The van der Waals surface area contributed by atoms with E-state index in [-0.39, 0.29) is 0 Å². The van der Waals surface area contributed by atoms with Gasteiger partial charge in [0.25, 0.3) is 6.43 Å². The molecule has 0 saturated carbocycles. The molecular weight excluding hydrogens is 408 g/mol. The number of piperidine rings is 1. The van der Waals surface area contributed by atoms with E-state index in [1.165, 1.54) is 0 Å². The highest BCUT2D eigenvalue weighted by molar-refractivity contribution is 5.80. The number of benzene rings is 1. The predicted molar refractivity (Wildman–Crippen MR) is 110 cm³/mol. The fourth-order valence-corrected chi connectivity index (χ4v) is 3.65. The average molecular weight is 435 g/mol. The summed E-state index contributed by atoms with van der Waals surface area (Å²) in [5, 5.41) is 0. The number of guanidine groups is 1. The van der Waals surface area contributed by atoms with Gasteiger partial charge in [0.2, 0.25) is 5.96 Å². The van der Waals surface area contributed by atoms with Crippen LogP contribution in [0.25, 0.3) is 0 Å². The molecule has 1 spiro atoms. The maximum absolute atomic E-state index is 12.3. The lowest BCUT2D eigenvalue weighted by molar-refractivity contribution is -0.0875. The van der Waals surface area contributed by atoms with Crippen molar-refractivity contribution in [3.05, 3.63) is 47.7 Å². The molecule has 2 aliphatic rings. The van der Waals surface area contributed by atoms with Gasteiger partial charge in [-0.1, -0.05) is 12.1 Å². The van der Waals surface area contributed by atoms with Crippen LogP contribution in [0.2, 0.25) is 0 Å². The number of nitrogens with zero attached hydrogens (tertiary/aromatic N) is 4. The zero-order chi connectivity index (χ0) is 21.8. The third-order valence-electron chi connectivity index (χ3n) is 5.40. The molecule has 1 aromatic carbocycles. The molecule has 0 aliphatic carbocycles. The fraction of sp³-hybridized carbons (Fsp3) is 0.524. The second-order valence-corrected chi connectivity index (χ2v) is 7.95. The van der Waals surface area contributed by atoms with E-state index in [1.54, 1.807) is 25.3 Å². The predicted octanol–water partition coefficient (Wildman–Crippen LogP) is 2.94. The minimum absolute atomic E-state index is 0.410. The van der Waals surface area contributed by atoms with Crippen molar-refractivity contribution in [1.29, 1.82) is 0 Å². The Bertz CT molecular complexity index is 895. The molecule has 1 fully saturated rings. The van der Waals surface area contributed by atoms with Crippen molar-refractivity contribution in [2.75, 3.05) is 26.7 Å². The highest BCUT2D eigenvalue weighted by Gasteiger charge is 2.40. The molecule has 2 aliphatic heterocycles. The molecule has 31 heavy (non-hydrogen) atoms. The van der Waals surface area contributed by atoms with Crippen molar-refractivity contribution in [1.82, 2.24) is 20.3 Å². The third kappa shape index (κ3) is 5.50. The van der Waals surface area contributed by atoms with Crippen molar-refractivity contribution < 1.29 is 22.8 Å². The first-order chi connectivity index (χ1) is 14.9. The second-order valence-electron chi connectivity index (χ2n) is 7.95. The molecule has 0 bridgehead atoms. The standard InChI is InChI=1S/C21H27F2N5O3/c1-15-24-17(13-29-15)12-28(11-16-3-5-18(6-4-16)30-14-19(22)23)20-25-21(31-26-20)7-9-27(2)10-8-21/h3-6,13,19H,7-12,14H2,1-2H3,(H,25,26). The summed E-state index contributed by atoms with van der Waals surface area (Å²) in [7, 11) is 2.09. The summed E-state index contributed by atoms with van der Waals surface area (Å²) in [6.07, 6.45) is 0.755. The molecule has 0 unspecified atom stereocenters. The largest absolute Gasteiger partial charge is 0.488 e. The number of aryl methyl sites for hydroxylation is 1. The van der Waals surface area contributed by atoms with Gasteiger partial charge in [0.05, 0.1) is 12.2 Å². The van der Waals surface area contributed by atoms with Gasteiger partial charge in [0, 0.05) is 39.4 Å². The van der Waals surface area contributed by atoms with Gasteiger partial charge in [0.1, 0.15) is 18.6 Å². The zero-order valence-electron chi connectivity index (χ0n) is 17.7. The number of aliphatic imine (C=N–C) groups is 1. The Morgan fingerprint density at radius 2 is 1.97 bits per heavy atom. The first-order valence-electron chi connectivity index (χ1n) is 10.3. The number of hydrogen-bond donors (Lipinski definition) is 1. The molecule has 1 aromatic heterocycles. The van der Waals surface area contributed by atoms with Gasteiger partial charge in [0.15, 0.2) is 11.6 Å². The van der Waals surface area contributed by atoms with E-state index in [2.05, 4.69) is 22.4 Å². The van der Waals surface area contributed by atoms with Crippen LogP contribution in [0, 0.1) is 6.92 Å². The Kier molecular flexibility index (Phi) is 6.38.